The molecule has 2 heterocycles. The van der Waals surface area contributed by atoms with E-state index in [2.05, 4.69) is 11.1 Å². The van der Waals surface area contributed by atoms with E-state index in [1.54, 1.807) is 37.7 Å². The quantitative estimate of drug-likeness (QED) is 0.500. The molecular formula is C17H21N3O2S. The lowest BCUT2D eigenvalue weighted by atomic mass is 10.1. The van der Waals surface area contributed by atoms with Crippen molar-refractivity contribution in [2.45, 2.75) is 20.3 Å². The number of carbonyl (C=O) groups excluding carboxylic acids is 1. The van der Waals surface area contributed by atoms with E-state index in [1.165, 1.54) is 5.01 Å². The fraction of sp³-hybridized carbons (Fsp3) is 0.294. The lowest BCUT2D eigenvalue weighted by molar-refractivity contribution is -0.142. The van der Waals surface area contributed by atoms with Crippen LogP contribution in [0, 0.1) is 6.92 Å². The first-order valence-corrected chi connectivity index (χ1v) is 8.20. The number of nitrogens with two attached hydrogens (primary N) is 1. The Labute approximate surface area is 140 Å². The van der Waals surface area contributed by atoms with Crippen LogP contribution in [0.25, 0.3) is 16.1 Å². The van der Waals surface area contributed by atoms with Gasteiger partial charge in [-0.25, -0.2) is 5.84 Å². The molecule has 0 saturated carbocycles. The number of hydrazine groups is 1. The highest BCUT2D eigenvalue weighted by molar-refractivity contribution is 7.15. The zero-order valence-electron chi connectivity index (χ0n) is 13.6. The zero-order chi connectivity index (χ0) is 16.8. The maximum Gasteiger partial charge on any atom is 0.309 e. The lowest BCUT2D eigenvalue weighted by Gasteiger charge is -2.16. The van der Waals surface area contributed by atoms with Crippen molar-refractivity contribution in [3.8, 4) is 10.4 Å². The summed E-state index contributed by atoms with van der Waals surface area (Å²) in [5.41, 5.74) is 2.95. The molecule has 0 unspecified atom stereocenters. The fourth-order valence-electron chi connectivity index (χ4n) is 2.24. The molecule has 6 heteroatoms. The Morgan fingerprint density at radius 1 is 1.43 bits per heavy atom. The van der Waals surface area contributed by atoms with Crippen molar-refractivity contribution >= 4 is 23.0 Å². The molecule has 0 aliphatic carbocycles. The molecule has 23 heavy (non-hydrogen) atoms. The van der Waals surface area contributed by atoms with Crippen LogP contribution in [0.15, 0.2) is 36.7 Å². The van der Waals surface area contributed by atoms with Gasteiger partial charge in [0.05, 0.1) is 18.7 Å². The monoisotopic (exact) mass is 331 g/mol. The van der Waals surface area contributed by atoms with Crippen LogP contribution in [-0.4, -0.2) is 29.6 Å². The predicted molar refractivity (Wildman–Crippen MR) is 93.5 cm³/mol. The number of aromatic nitrogens is 1. The number of pyridine rings is 1. The highest BCUT2D eigenvalue weighted by atomic mass is 32.1. The number of thiophene rings is 1. The average molecular weight is 331 g/mol. The molecule has 0 saturated heterocycles. The van der Waals surface area contributed by atoms with Crippen LogP contribution in [0.3, 0.4) is 0 Å². The number of hydrogen-bond donors (Lipinski definition) is 1. The average Bonchev–Trinajstić information content (AvgIpc) is 2.90. The molecule has 2 aromatic rings. The van der Waals surface area contributed by atoms with Gasteiger partial charge in [0.2, 0.25) is 0 Å². The predicted octanol–water partition coefficient (Wildman–Crippen LogP) is 3.22. The number of ether oxygens (including phenoxy) is 1. The number of rotatable bonds is 6. The van der Waals surface area contributed by atoms with Gasteiger partial charge in [-0.3, -0.25) is 9.78 Å². The second-order valence-electron chi connectivity index (χ2n) is 5.03. The van der Waals surface area contributed by atoms with E-state index >= 15 is 0 Å². The summed E-state index contributed by atoms with van der Waals surface area (Å²) in [5.74, 6) is 5.70. The van der Waals surface area contributed by atoms with Crippen LogP contribution in [0.1, 0.15) is 23.8 Å². The van der Waals surface area contributed by atoms with Crippen molar-refractivity contribution in [3.05, 3.63) is 47.1 Å². The summed E-state index contributed by atoms with van der Waals surface area (Å²) >= 11 is 1.69. The first-order valence-electron chi connectivity index (χ1n) is 7.38. The third-order valence-electron chi connectivity index (χ3n) is 3.31. The maximum absolute atomic E-state index is 11.6. The molecule has 5 nitrogen and oxygen atoms in total. The standard InChI is InChI=1S/C17H21N3O2S/c1-4-22-17(21)6-5-15(20(3)18)14-11-16(23-12(14)2)13-7-9-19-10-8-13/h5,7-11H,4,6,18H2,1-3H3/b15-5-. The Balaban J connectivity index is 2.31. The molecule has 0 bridgehead atoms. The highest BCUT2D eigenvalue weighted by Gasteiger charge is 2.14. The number of esters is 1. The van der Waals surface area contributed by atoms with Crippen molar-refractivity contribution in [2.24, 2.45) is 5.84 Å². The van der Waals surface area contributed by atoms with Gasteiger partial charge in [-0.05, 0) is 43.7 Å². The van der Waals surface area contributed by atoms with E-state index in [1.807, 2.05) is 25.1 Å². The molecule has 2 N–H and O–H groups in total. The number of aryl methyl sites for hydroxylation is 1. The van der Waals surface area contributed by atoms with Crippen molar-refractivity contribution in [3.63, 3.8) is 0 Å². The first kappa shape index (κ1) is 17.2. The van der Waals surface area contributed by atoms with E-state index in [0.29, 0.717) is 6.61 Å². The van der Waals surface area contributed by atoms with Gasteiger partial charge < -0.3 is 9.75 Å². The van der Waals surface area contributed by atoms with Gasteiger partial charge in [-0.15, -0.1) is 11.3 Å². The molecule has 2 aromatic heterocycles. The summed E-state index contributed by atoms with van der Waals surface area (Å²) in [6, 6.07) is 6.04. The minimum atomic E-state index is -0.255. The summed E-state index contributed by atoms with van der Waals surface area (Å²) in [6.07, 6.45) is 5.56. The minimum Gasteiger partial charge on any atom is -0.466 e. The summed E-state index contributed by atoms with van der Waals surface area (Å²) in [7, 11) is 1.76. The maximum atomic E-state index is 11.6. The van der Waals surface area contributed by atoms with Crippen LogP contribution in [-0.2, 0) is 9.53 Å². The van der Waals surface area contributed by atoms with Gasteiger partial charge in [0.1, 0.15) is 0 Å². The molecule has 0 aromatic carbocycles. The fourth-order valence-corrected chi connectivity index (χ4v) is 3.27. The van der Waals surface area contributed by atoms with Gasteiger partial charge in [0.25, 0.3) is 0 Å². The van der Waals surface area contributed by atoms with E-state index in [9.17, 15) is 4.79 Å². The van der Waals surface area contributed by atoms with Gasteiger partial charge in [0, 0.05) is 34.8 Å². The van der Waals surface area contributed by atoms with Gasteiger partial charge >= 0.3 is 5.97 Å². The number of carbonyl (C=O) groups is 1. The number of nitrogens with zero attached hydrogens (tertiary/aromatic N) is 2. The summed E-state index contributed by atoms with van der Waals surface area (Å²) in [6.45, 7) is 4.22. The zero-order valence-corrected chi connectivity index (χ0v) is 14.4. The minimum absolute atomic E-state index is 0.199. The summed E-state index contributed by atoms with van der Waals surface area (Å²) in [4.78, 5) is 17.9. The van der Waals surface area contributed by atoms with Crippen LogP contribution < -0.4 is 5.84 Å². The molecule has 0 radical (unpaired) electrons. The van der Waals surface area contributed by atoms with Crippen molar-refractivity contribution in [2.75, 3.05) is 13.7 Å². The third kappa shape index (κ3) is 4.40. The van der Waals surface area contributed by atoms with Gasteiger partial charge in [0.15, 0.2) is 0 Å². The van der Waals surface area contributed by atoms with Gasteiger partial charge in [-0.1, -0.05) is 0 Å². The molecule has 0 atom stereocenters. The Bertz CT molecular complexity index is 693. The summed E-state index contributed by atoms with van der Waals surface area (Å²) < 4.78 is 4.97. The third-order valence-corrected chi connectivity index (χ3v) is 4.41. The van der Waals surface area contributed by atoms with Crippen LogP contribution in [0.5, 0.6) is 0 Å². The first-order chi connectivity index (χ1) is 11.0. The number of hydrogen-bond acceptors (Lipinski definition) is 6. The molecule has 0 amide bonds. The van der Waals surface area contributed by atoms with Crippen LogP contribution in [0.4, 0.5) is 0 Å². The molecule has 2 rings (SSSR count). The lowest BCUT2D eigenvalue weighted by Crippen LogP contribution is -2.24. The molecule has 0 fully saturated rings. The second-order valence-corrected chi connectivity index (χ2v) is 6.28. The van der Waals surface area contributed by atoms with Crippen molar-refractivity contribution in [1.82, 2.24) is 9.99 Å². The molecule has 0 spiro atoms. The van der Waals surface area contributed by atoms with E-state index in [-0.39, 0.29) is 12.4 Å². The SMILES string of the molecule is CCOC(=O)C/C=C(/c1cc(-c2ccncc2)sc1C)N(C)N. The Morgan fingerprint density at radius 3 is 2.74 bits per heavy atom. The Morgan fingerprint density at radius 2 is 2.13 bits per heavy atom. The molecule has 0 aliphatic heterocycles. The van der Waals surface area contributed by atoms with Gasteiger partial charge in [-0.2, -0.15) is 0 Å². The second kappa shape index (κ2) is 7.89. The molecule has 122 valence electrons. The molecule has 0 aliphatic rings. The van der Waals surface area contributed by atoms with E-state index in [4.69, 9.17) is 10.6 Å². The van der Waals surface area contributed by atoms with Crippen LogP contribution in [0.2, 0.25) is 0 Å². The largest absolute Gasteiger partial charge is 0.466 e. The van der Waals surface area contributed by atoms with Crippen molar-refractivity contribution in [1.29, 1.82) is 0 Å². The van der Waals surface area contributed by atoms with Crippen molar-refractivity contribution < 1.29 is 9.53 Å². The Kier molecular flexibility index (Phi) is 5.90. The normalized spacial score (nSPS) is 11.4. The highest BCUT2D eigenvalue weighted by Crippen LogP contribution is 2.34. The topological polar surface area (TPSA) is 68.5 Å². The summed E-state index contributed by atoms with van der Waals surface area (Å²) in [5, 5.41) is 1.53. The van der Waals surface area contributed by atoms with E-state index < -0.39 is 0 Å². The van der Waals surface area contributed by atoms with E-state index in [0.717, 1.165) is 26.6 Å². The molecular weight excluding hydrogens is 310 g/mol. The Hall–Kier alpha value is -2.18. The van der Waals surface area contributed by atoms with Crippen LogP contribution >= 0.6 is 11.3 Å². The smallest absolute Gasteiger partial charge is 0.309 e.